The van der Waals surface area contributed by atoms with Gasteiger partial charge in [0.15, 0.2) is 9.84 Å². The Hall–Kier alpha value is -0.880. The third-order valence-electron chi connectivity index (χ3n) is 2.62. The van der Waals surface area contributed by atoms with Crippen molar-refractivity contribution in [2.45, 2.75) is 12.5 Å². The van der Waals surface area contributed by atoms with Crippen molar-refractivity contribution in [2.75, 3.05) is 11.5 Å². The van der Waals surface area contributed by atoms with E-state index in [4.69, 9.17) is 0 Å². The number of aliphatic imine (C=N–C) groups is 1. The van der Waals surface area contributed by atoms with Gasteiger partial charge in [-0.15, -0.1) is 0 Å². The zero-order valence-corrected chi connectivity index (χ0v) is 11.4. The van der Waals surface area contributed by atoms with Crippen molar-refractivity contribution in [3.8, 4) is 5.75 Å². The minimum atomic E-state index is -2.90. The molecule has 0 aromatic heterocycles. The Morgan fingerprint density at radius 3 is 2.88 bits per heavy atom. The molecule has 0 radical (unpaired) electrons. The van der Waals surface area contributed by atoms with Crippen LogP contribution in [0.4, 0.5) is 0 Å². The van der Waals surface area contributed by atoms with Crippen molar-refractivity contribution in [1.29, 1.82) is 0 Å². The summed E-state index contributed by atoms with van der Waals surface area (Å²) in [7, 11) is -2.90. The molecule has 92 valence electrons. The van der Waals surface area contributed by atoms with Crippen molar-refractivity contribution in [1.82, 2.24) is 0 Å². The first-order chi connectivity index (χ1) is 7.96. The Morgan fingerprint density at radius 1 is 1.47 bits per heavy atom. The molecule has 0 aliphatic carbocycles. The topological polar surface area (TPSA) is 66.7 Å². The number of hydrogen-bond donors (Lipinski definition) is 1. The van der Waals surface area contributed by atoms with E-state index in [2.05, 4.69) is 20.9 Å². The lowest BCUT2D eigenvalue weighted by atomic mass is 10.2. The quantitative estimate of drug-likeness (QED) is 0.845. The predicted molar refractivity (Wildman–Crippen MR) is 70.5 cm³/mol. The second-order valence-corrected chi connectivity index (χ2v) is 7.18. The summed E-state index contributed by atoms with van der Waals surface area (Å²) in [5.41, 5.74) is 0.587. The predicted octanol–water partition coefficient (Wildman–Crippen LogP) is 1.76. The van der Waals surface area contributed by atoms with Crippen LogP contribution >= 0.6 is 15.9 Å². The van der Waals surface area contributed by atoms with Crippen LogP contribution in [0.25, 0.3) is 0 Å². The van der Waals surface area contributed by atoms with Gasteiger partial charge in [0, 0.05) is 16.3 Å². The van der Waals surface area contributed by atoms with E-state index in [0.29, 0.717) is 12.0 Å². The molecule has 1 aliphatic heterocycles. The van der Waals surface area contributed by atoms with Crippen LogP contribution in [0, 0.1) is 0 Å². The summed E-state index contributed by atoms with van der Waals surface area (Å²) in [6, 6.07) is 4.85. The SMILES string of the molecule is O=S1(=O)CC[C@@H](N=Cc2cc(Br)ccc2O)C1. The van der Waals surface area contributed by atoms with Crippen molar-refractivity contribution in [3.05, 3.63) is 28.2 Å². The molecule has 2 rings (SSSR count). The largest absolute Gasteiger partial charge is 0.507 e. The maximum atomic E-state index is 11.2. The molecule has 1 aromatic rings. The number of halogens is 1. The van der Waals surface area contributed by atoms with E-state index < -0.39 is 9.84 Å². The van der Waals surface area contributed by atoms with Gasteiger partial charge < -0.3 is 5.11 Å². The Kier molecular flexibility index (Phi) is 3.53. The van der Waals surface area contributed by atoms with E-state index in [0.717, 1.165) is 4.47 Å². The minimum Gasteiger partial charge on any atom is -0.507 e. The molecular weight excluding hydrogens is 306 g/mol. The number of phenolic OH excluding ortho intramolecular Hbond substituents is 1. The Balaban J connectivity index is 2.13. The van der Waals surface area contributed by atoms with E-state index in [1.54, 1.807) is 18.2 Å². The third-order valence-corrected chi connectivity index (χ3v) is 4.87. The maximum Gasteiger partial charge on any atom is 0.152 e. The van der Waals surface area contributed by atoms with Gasteiger partial charge in [-0.25, -0.2) is 8.42 Å². The number of benzene rings is 1. The number of sulfone groups is 1. The van der Waals surface area contributed by atoms with Gasteiger partial charge in [-0.3, -0.25) is 4.99 Å². The Labute approximate surface area is 108 Å². The highest BCUT2D eigenvalue weighted by molar-refractivity contribution is 9.10. The van der Waals surface area contributed by atoms with E-state index in [1.165, 1.54) is 6.21 Å². The molecule has 0 bridgehead atoms. The summed E-state index contributed by atoms with van der Waals surface area (Å²) in [5.74, 6) is 0.454. The smallest absolute Gasteiger partial charge is 0.152 e. The van der Waals surface area contributed by atoms with Crippen molar-refractivity contribution in [3.63, 3.8) is 0 Å². The molecule has 0 amide bonds. The van der Waals surface area contributed by atoms with Crippen LogP contribution in [-0.4, -0.2) is 37.3 Å². The van der Waals surface area contributed by atoms with Gasteiger partial charge in [0.25, 0.3) is 0 Å². The average Bonchev–Trinajstić information content (AvgIpc) is 2.60. The normalized spacial score (nSPS) is 23.2. The van der Waals surface area contributed by atoms with E-state index >= 15 is 0 Å². The molecule has 6 heteroatoms. The fourth-order valence-corrected chi connectivity index (χ4v) is 3.72. The number of hydrogen-bond acceptors (Lipinski definition) is 4. The molecule has 1 N–H and O–H groups in total. The molecule has 1 saturated heterocycles. The van der Waals surface area contributed by atoms with Gasteiger partial charge >= 0.3 is 0 Å². The number of aromatic hydroxyl groups is 1. The molecule has 0 unspecified atom stereocenters. The summed E-state index contributed by atoms with van der Waals surface area (Å²) in [5, 5.41) is 9.58. The second-order valence-electron chi connectivity index (χ2n) is 4.04. The molecule has 1 atom stereocenters. The van der Waals surface area contributed by atoms with E-state index in [-0.39, 0.29) is 23.3 Å². The zero-order valence-electron chi connectivity index (χ0n) is 9.01. The van der Waals surface area contributed by atoms with Gasteiger partial charge in [0.05, 0.1) is 17.5 Å². The lowest BCUT2D eigenvalue weighted by Crippen LogP contribution is -2.07. The highest BCUT2D eigenvalue weighted by Gasteiger charge is 2.26. The number of rotatable bonds is 2. The second kappa shape index (κ2) is 4.78. The first kappa shape index (κ1) is 12.6. The van der Waals surface area contributed by atoms with Crippen molar-refractivity contribution in [2.24, 2.45) is 4.99 Å². The average molecular weight is 318 g/mol. The summed E-state index contributed by atoms with van der Waals surface area (Å²) < 4.78 is 23.3. The molecule has 1 aliphatic rings. The van der Waals surface area contributed by atoms with Gasteiger partial charge in [-0.1, -0.05) is 15.9 Å². The van der Waals surface area contributed by atoms with Crippen LogP contribution in [0.5, 0.6) is 5.75 Å². The summed E-state index contributed by atoms with van der Waals surface area (Å²) in [6.07, 6.45) is 2.10. The minimum absolute atomic E-state index is 0.109. The molecule has 0 saturated carbocycles. The highest BCUT2D eigenvalue weighted by Crippen LogP contribution is 2.21. The summed E-state index contributed by atoms with van der Waals surface area (Å²) in [4.78, 5) is 4.21. The van der Waals surface area contributed by atoms with Crippen LogP contribution in [0.3, 0.4) is 0 Å². The first-order valence-corrected chi connectivity index (χ1v) is 7.80. The fraction of sp³-hybridized carbons (Fsp3) is 0.364. The summed E-state index contributed by atoms with van der Waals surface area (Å²) in [6.45, 7) is 0. The van der Waals surface area contributed by atoms with Crippen LogP contribution in [0.15, 0.2) is 27.7 Å². The van der Waals surface area contributed by atoms with Gasteiger partial charge in [-0.2, -0.15) is 0 Å². The van der Waals surface area contributed by atoms with Crippen LogP contribution in [0.1, 0.15) is 12.0 Å². The van der Waals surface area contributed by atoms with Crippen LogP contribution in [-0.2, 0) is 9.84 Å². The maximum absolute atomic E-state index is 11.2. The summed E-state index contributed by atoms with van der Waals surface area (Å²) >= 11 is 3.30. The Morgan fingerprint density at radius 2 is 2.24 bits per heavy atom. The molecule has 1 heterocycles. The highest BCUT2D eigenvalue weighted by atomic mass is 79.9. The molecule has 17 heavy (non-hydrogen) atoms. The van der Waals surface area contributed by atoms with Crippen molar-refractivity contribution >= 4 is 32.0 Å². The standard InChI is InChI=1S/C11H12BrNO3S/c12-9-1-2-11(14)8(5-9)6-13-10-3-4-17(15,16)7-10/h1-2,5-6,10,14H,3-4,7H2/t10-/m1/s1. The molecule has 0 spiro atoms. The number of nitrogens with zero attached hydrogens (tertiary/aromatic N) is 1. The third kappa shape index (κ3) is 3.29. The zero-order chi connectivity index (χ0) is 12.5. The van der Waals surface area contributed by atoms with Crippen molar-refractivity contribution < 1.29 is 13.5 Å². The van der Waals surface area contributed by atoms with Gasteiger partial charge in [0.2, 0.25) is 0 Å². The fourth-order valence-electron chi connectivity index (χ4n) is 1.71. The molecule has 1 fully saturated rings. The lowest BCUT2D eigenvalue weighted by Gasteiger charge is -2.02. The van der Waals surface area contributed by atoms with Crippen LogP contribution in [0.2, 0.25) is 0 Å². The molecular formula is C11H12BrNO3S. The molecule has 4 nitrogen and oxygen atoms in total. The van der Waals surface area contributed by atoms with Crippen LogP contribution < -0.4 is 0 Å². The van der Waals surface area contributed by atoms with Gasteiger partial charge in [0.1, 0.15) is 5.75 Å². The Bertz CT molecular complexity index is 554. The number of phenols is 1. The van der Waals surface area contributed by atoms with E-state index in [9.17, 15) is 13.5 Å². The molecule has 1 aromatic carbocycles. The van der Waals surface area contributed by atoms with Gasteiger partial charge in [-0.05, 0) is 24.6 Å². The lowest BCUT2D eigenvalue weighted by molar-refractivity contribution is 0.474. The first-order valence-electron chi connectivity index (χ1n) is 5.18. The van der Waals surface area contributed by atoms with E-state index in [1.807, 2.05) is 0 Å². The monoisotopic (exact) mass is 317 g/mol.